The summed E-state index contributed by atoms with van der Waals surface area (Å²) in [6.07, 6.45) is 0. The molecule has 0 saturated carbocycles. The Kier molecular flexibility index (Phi) is 4.03. The van der Waals surface area contributed by atoms with Crippen molar-refractivity contribution in [1.82, 2.24) is 0 Å². The number of methoxy groups -OCH3 is 2. The lowest BCUT2D eigenvalue weighted by atomic mass is 9.91. The Hall–Kier alpha value is -1.96. The molecule has 0 bridgehead atoms. The SMILES string of the molecule is COc1c(C)ccc(C)c1-c1c(C)ccc(C)c1OC. The predicted molar refractivity (Wildman–Crippen MR) is 83.9 cm³/mol. The van der Waals surface area contributed by atoms with E-state index in [1.54, 1.807) is 14.2 Å². The molecule has 0 saturated heterocycles. The number of aryl methyl sites for hydroxylation is 4. The monoisotopic (exact) mass is 270 g/mol. The summed E-state index contributed by atoms with van der Waals surface area (Å²) in [4.78, 5) is 0. The summed E-state index contributed by atoms with van der Waals surface area (Å²) in [6, 6.07) is 8.45. The molecule has 0 spiro atoms. The second-order valence-corrected chi connectivity index (χ2v) is 5.22. The number of rotatable bonds is 3. The molecule has 0 aliphatic rings. The summed E-state index contributed by atoms with van der Waals surface area (Å²) in [5.41, 5.74) is 6.92. The van der Waals surface area contributed by atoms with Crippen molar-refractivity contribution >= 4 is 0 Å². The standard InChI is InChI=1S/C18H22O2/c1-11-7-9-13(3)17(19-5)15(11)16-12(2)8-10-14(4)18(16)20-6/h7-10H,1-6H3. The first-order valence-corrected chi connectivity index (χ1v) is 6.80. The van der Waals surface area contributed by atoms with E-state index < -0.39 is 0 Å². The van der Waals surface area contributed by atoms with Gasteiger partial charge in [-0.3, -0.25) is 0 Å². The van der Waals surface area contributed by atoms with Crippen molar-refractivity contribution in [2.24, 2.45) is 0 Å². The highest BCUT2D eigenvalue weighted by Gasteiger charge is 2.19. The first-order chi connectivity index (χ1) is 9.51. The van der Waals surface area contributed by atoms with Crippen LogP contribution in [0, 0.1) is 27.7 Å². The normalized spacial score (nSPS) is 10.5. The van der Waals surface area contributed by atoms with E-state index in [9.17, 15) is 0 Å². The second kappa shape index (κ2) is 5.58. The summed E-state index contributed by atoms with van der Waals surface area (Å²) in [5.74, 6) is 1.86. The zero-order chi connectivity index (χ0) is 14.9. The van der Waals surface area contributed by atoms with Gasteiger partial charge in [0.05, 0.1) is 14.2 Å². The summed E-state index contributed by atoms with van der Waals surface area (Å²) < 4.78 is 11.3. The highest BCUT2D eigenvalue weighted by atomic mass is 16.5. The molecule has 20 heavy (non-hydrogen) atoms. The van der Waals surface area contributed by atoms with Crippen LogP contribution in [-0.2, 0) is 0 Å². The van der Waals surface area contributed by atoms with Crippen molar-refractivity contribution in [2.45, 2.75) is 27.7 Å². The van der Waals surface area contributed by atoms with Crippen LogP contribution >= 0.6 is 0 Å². The third-order valence-corrected chi connectivity index (χ3v) is 3.78. The quantitative estimate of drug-likeness (QED) is 0.811. The van der Waals surface area contributed by atoms with Gasteiger partial charge in [0.2, 0.25) is 0 Å². The Bertz CT molecular complexity index is 585. The Balaban J connectivity index is 2.88. The van der Waals surface area contributed by atoms with Gasteiger partial charge in [0.15, 0.2) is 0 Å². The number of ether oxygens (including phenoxy) is 2. The largest absolute Gasteiger partial charge is 0.496 e. The fraction of sp³-hybridized carbons (Fsp3) is 0.333. The molecule has 2 aromatic rings. The van der Waals surface area contributed by atoms with Crippen molar-refractivity contribution in [3.8, 4) is 22.6 Å². The van der Waals surface area contributed by atoms with Crippen LogP contribution in [0.4, 0.5) is 0 Å². The maximum atomic E-state index is 5.65. The van der Waals surface area contributed by atoms with Crippen LogP contribution in [0.1, 0.15) is 22.3 Å². The molecule has 0 radical (unpaired) electrons. The Morgan fingerprint density at radius 1 is 0.550 bits per heavy atom. The van der Waals surface area contributed by atoms with Gasteiger partial charge in [-0.15, -0.1) is 0 Å². The minimum atomic E-state index is 0.928. The lowest BCUT2D eigenvalue weighted by molar-refractivity contribution is 0.406. The fourth-order valence-corrected chi connectivity index (χ4v) is 2.72. The molecule has 106 valence electrons. The van der Waals surface area contributed by atoms with Crippen LogP contribution in [0.15, 0.2) is 24.3 Å². The number of benzene rings is 2. The van der Waals surface area contributed by atoms with Gasteiger partial charge in [-0.1, -0.05) is 24.3 Å². The lowest BCUT2D eigenvalue weighted by Gasteiger charge is -2.20. The van der Waals surface area contributed by atoms with E-state index in [1.807, 2.05) is 0 Å². The minimum Gasteiger partial charge on any atom is -0.496 e. The molecule has 2 heteroatoms. The van der Waals surface area contributed by atoms with Crippen molar-refractivity contribution < 1.29 is 9.47 Å². The van der Waals surface area contributed by atoms with E-state index in [1.165, 1.54) is 11.1 Å². The zero-order valence-electron chi connectivity index (χ0n) is 13.1. The molecule has 2 nitrogen and oxygen atoms in total. The van der Waals surface area contributed by atoms with Gasteiger partial charge in [-0.05, 0) is 49.9 Å². The van der Waals surface area contributed by atoms with Crippen LogP contribution in [0.5, 0.6) is 11.5 Å². The van der Waals surface area contributed by atoms with Gasteiger partial charge in [0.25, 0.3) is 0 Å². The highest BCUT2D eigenvalue weighted by Crippen LogP contribution is 2.43. The van der Waals surface area contributed by atoms with Crippen LogP contribution in [0.25, 0.3) is 11.1 Å². The molecule has 0 unspecified atom stereocenters. The maximum Gasteiger partial charge on any atom is 0.130 e. The molecular formula is C18H22O2. The minimum absolute atomic E-state index is 0.928. The molecule has 0 fully saturated rings. The van der Waals surface area contributed by atoms with E-state index in [-0.39, 0.29) is 0 Å². The third-order valence-electron chi connectivity index (χ3n) is 3.78. The van der Waals surface area contributed by atoms with Crippen molar-refractivity contribution in [2.75, 3.05) is 14.2 Å². The first-order valence-electron chi connectivity index (χ1n) is 6.80. The van der Waals surface area contributed by atoms with Gasteiger partial charge >= 0.3 is 0 Å². The van der Waals surface area contributed by atoms with Gasteiger partial charge in [0, 0.05) is 11.1 Å². The topological polar surface area (TPSA) is 18.5 Å². The Morgan fingerprint density at radius 3 is 1.15 bits per heavy atom. The molecule has 0 atom stereocenters. The summed E-state index contributed by atoms with van der Waals surface area (Å²) in [7, 11) is 3.45. The average Bonchev–Trinajstić information content (AvgIpc) is 2.43. The first kappa shape index (κ1) is 14.4. The lowest BCUT2D eigenvalue weighted by Crippen LogP contribution is -1.99. The fourth-order valence-electron chi connectivity index (χ4n) is 2.72. The Morgan fingerprint density at radius 2 is 0.850 bits per heavy atom. The van der Waals surface area contributed by atoms with Crippen LogP contribution in [0.3, 0.4) is 0 Å². The van der Waals surface area contributed by atoms with E-state index in [4.69, 9.17) is 9.47 Å². The molecule has 0 N–H and O–H groups in total. The highest BCUT2D eigenvalue weighted by molar-refractivity contribution is 5.83. The van der Waals surface area contributed by atoms with Crippen LogP contribution in [0.2, 0.25) is 0 Å². The van der Waals surface area contributed by atoms with Crippen molar-refractivity contribution in [3.63, 3.8) is 0 Å². The van der Waals surface area contributed by atoms with E-state index in [0.717, 1.165) is 33.8 Å². The number of hydrogen-bond acceptors (Lipinski definition) is 2. The molecule has 0 amide bonds. The predicted octanol–water partition coefficient (Wildman–Crippen LogP) is 4.60. The van der Waals surface area contributed by atoms with Gasteiger partial charge in [0.1, 0.15) is 11.5 Å². The average molecular weight is 270 g/mol. The van der Waals surface area contributed by atoms with E-state index in [2.05, 4.69) is 52.0 Å². The molecular weight excluding hydrogens is 248 g/mol. The van der Waals surface area contributed by atoms with Crippen molar-refractivity contribution in [3.05, 3.63) is 46.5 Å². The van der Waals surface area contributed by atoms with Crippen LogP contribution < -0.4 is 9.47 Å². The summed E-state index contributed by atoms with van der Waals surface area (Å²) in [6.45, 7) is 8.36. The molecule has 2 rings (SSSR count). The molecule has 2 aromatic carbocycles. The molecule has 0 aliphatic carbocycles. The Labute approximate surface area is 121 Å². The van der Waals surface area contributed by atoms with Gasteiger partial charge in [-0.25, -0.2) is 0 Å². The van der Waals surface area contributed by atoms with E-state index in [0.29, 0.717) is 0 Å². The summed E-state index contributed by atoms with van der Waals surface area (Å²) >= 11 is 0. The molecule has 0 heterocycles. The van der Waals surface area contributed by atoms with Crippen molar-refractivity contribution in [1.29, 1.82) is 0 Å². The molecule has 0 aliphatic heterocycles. The number of hydrogen-bond donors (Lipinski definition) is 0. The smallest absolute Gasteiger partial charge is 0.130 e. The third kappa shape index (κ3) is 2.26. The maximum absolute atomic E-state index is 5.65. The van der Waals surface area contributed by atoms with E-state index >= 15 is 0 Å². The van der Waals surface area contributed by atoms with Crippen LogP contribution in [-0.4, -0.2) is 14.2 Å². The summed E-state index contributed by atoms with van der Waals surface area (Å²) in [5, 5.41) is 0. The zero-order valence-corrected chi connectivity index (χ0v) is 13.1. The van der Waals surface area contributed by atoms with Gasteiger partial charge in [-0.2, -0.15) is 0 Å². The second-order valence-electron chi connectivity index (χ2n) is 5.22. The molecule has 0 aromatic heterocycles. The van der Waals surface area contributed by atoms with Gasteiger partial charge < -0.3 is 9.47 Å².